The molecule has 0 aliphatic carbocycles. The smallest absolute Gasteiger partial charge is 0.129 e. The lowest BCUT2D eigenvalue weighted by atomic mass is 10.1. The van der Waals surface area contributed by atoms with Gasteiger partial charge in [-0.2, -0.15) is 0 Å². The van der Waals surface area contributed by atoms with Crippen molar-refractivity contribution in [1.82, 2.24) is 5.32 Å². The van der Waals surface area contributed by atoms with Crippen molar-refractivity contribution >= 4 is 23.2 Å². The third kappa shape index (κ3) is 4.28. The van der Waals surface area contributed by atoms with Crippen LogP contribution < -0.4 is 5.32 Å². The fourth-order valence-corrected chi connectivity index (χ4v) is 1.51. The Morgan fingerprint density at radius 2 is 2.06 bits per heavy atom. The lowest BCUT2D eigenvalue weighted by molar-refractivity contribution is 0.534. The summed E-state index contributed by atoms with van der Waals surface area (Å²) in [5.74, 6) is 0.125. The molecule has 1 aromatic carbocycles. The van der Waals surface area contributed by atoms with E-state index in [1.54, 1.807) is 12.1 Å². The van der Waals surface area contributed by atoms with Gasteiger partial charge in [-0.3, -0.25) is 0 Å². The summed E-state index contributed by atoms with van der Waals surface area (Å²) < 4.78 is 13.4. The van der Waals surface area contributed by atoms with E-state index in [-0.39, 0.29) is 11.2 Å². The van der Waals surface area contributed by atoms with Crippen molar-refractivity contribution < 1.29 is 4.39 Å². The maximum absolute atomic E-state index is 13.4. The van der Waals surface area contributed by atoms with E-state index in [0.29, 0.717) is 29.6 Å². The molecule has 4 heteroatoms. The zero-order valence-corrected chi connectivity index (χ0v) is 10.9. The minimum absolute atomic E-state index is 0.0651. The van der Waals surface area contributed by atoms with Gasteiger partial charge in [-0.25, -0.2) is 4.39 Å². The second-order valence-corrected chi connectivity index (χ2v) is 5.12. The van der Waals surface area contributed by atoms with Crippen molar-refractivity contribution in [2.75, 3.05) is 6.54 Å². The molecule has 0 fully saturated rings. The van der Waals surface area contributed by atoms with Gasteiger partial charge in [0.25, 0.3) is 0 Å². The molecule has 1 N–H and O–H groups in total. The number of nitrogens with one attached hydrogen (secondary N) is 1. The van der Waals surface area contributed by atoms with E-state index in [1.165, 1.54) is 6.07 Å². The van der Waals surface area contributed by atoms with Gasteiger partial charge in [-0.15, -0.1) is 11.6 Å². The van der Waals surface area contributed by atoms with Crippen LogP contribution >= 0.6 is 23.2 Å². The summed E-state index contributed by atoms with van der Waals surface area (Å²) >= 11 is 11.7. The van der Waals surface area contributed by atoms with Crippen molar-refractivity contribution in [3.05, 3.63) is 34.6 Å². The second-order valence-electron chi connectivity index (χ2n) is 4.13. The van der Waals surface area contributed by atoms with Crippen molar-refractivity contribution in [1.29, 1.82) is 0 Å². The first-order chi connectivity index (χ1) is 7.50. The van der Waals surface area contributed by atoms with Gasteiger partial charge in [0.2, 0.25) is 0 Å². The SMILES string of the molecule is CC(C)C(Cl)CNCc1ccc(Cl)cc1F. The monoisotopic (exact) mass is 263 g/mol. The molecule has 1 atom stereocenters. The lowest BCUT2D eigenvalue weighted by Crippen LogP contribution is -2.26. The molecule has 90 valence electrons. The number of benzene rings is 1. The van der Waals surface area contributed by atoms with Crippen LogP contribution in [0.4, 0.5) is 4.39 Å². The van der Waals surface area contributed by atoms with E-state index < -0.39 is 0 Å². The first-order valence-electron chi connectivity index (χ1n) is 5.29. The van der Waals surface area contributed by atoms with E-state index in [4.69, 9.17) is 23.2 Å². The van der Waals surface area contributed by atoms with Gasteiger partial charge >= 0.3 is 0 Å². The first-order valence-corrected chi connectivity index (χ1v) is 6.11. The van der Waals surface area contributed by atoms with E-state index in [1.807, 2.05) is 0 Å². The van der Waals surface area contributed by atoms with Crippen LogP contribution in [0.5, 0.6) is 0 Å². The van der Waals surface area contributed by atoms with Gasteiger partial charge in [0.05, 0.1) is 0 Å². The molecule has 16 heavy (non-hydrogen) atoms. The average Bonchev–Trinajstić information content (AvgIpc) is 2.20. The molecule has 0 aliphatic heterocycles. The Labute approximate surface area is 106 Å². The summed E-state index contributed by atoms with van der Waals surface area (Å²) in [6.07, 6.45) is 0. The fraction of sp³-hybridized carbons (Fsp3) is 0.500. The van der Waals surface area contributed by atoms with Crippen LogP contribution in [0.15, 0.2) is 18.2 Å². The summed E-state index contributed by atoms with van der Waals surface area (Å²) in [6, 6.07) is 4.69. The highest BCUT2D eigenvalue weighted by Gasteiger charge is 2.09. The molecule has 0 radical (unpaired) electrons. The Balaban J connectivity index is 2.43. The lowest BCUT2D eigenvalue weighted by Gasteiger charge is -2.14. The third-order valence-corrected chi connectivity index (χ3v) is 3.29. The highest BCUT2D eigenvalue weighted by atomic mass is 35.5. The number of hydrogen-bond acceptors (Lipinski definition) is 1. The molecule has 1 rings (SSSR count). The van der Waals surface area contributed by atoms with Crippen LogP contribution in [0.1, 0.15) is 19.4 Å². The van der Waals surface area contributed by atoms with E-state index in [9.17, 15) is 4.39 Å². The average molecular weight is 264 g/mol. The van der Waals surface area contributed by atoms with E-state index >= 15 is 0 Å². The second kappa shape index (κ2) is 6.43. The molecule has 0 heterocycles. The molecule has 0 amide bonds. The molecule has 1 unspecified atom stereocenters. The van der Waals surface area contributed by atoms with Crippen molar-refractivity contribution in [2.45, 2.75) is 25.8 Å². The van der Waals surface area contributed by atoms with Gasteiger partial charge in [0.1, 0.15) is 5.82 Å². The van der Waals surface area contributed by atoms with Crippen LogP contribution in [0, 0.1) is 11.7 Å². The first kappa shape index (κ1) is 13.8. The van der Waals surface area contributed by atoms with Gasteiger partial charge < -0.3 is 5.32 Å². The predicted octanol–water partition coefficient (Wildman–Crippen LogP) is 3.83. The van der Waals surface area contributed by atoms with Crippen LogP contribution in [-0.2, 0) is 6.54 Å². The Morgan fingerprint density at radius 1 is 1.38 bits per heavy atom. The molecule has 1 aromatic rings. The quantitative estimate of drug-likeness (QED) is 0.797. The number of halogens is 3. The topological polar surface area (TPSA) is 12.0 Å². The van der Waals surface area contributed by atoms with Gasteiger partial charge in [0, 0.05) is 29.1 Å². The highest BCUT2D eigenvalue weighted by Crippen LogP contribution is 2.14. The molecular weight excluding hydrogens is 248 g/mol. The molecule has 0 aromatic heterocycles. The van der Waals surface area contributed by atoms with E-state index in [2.05, 4.69) is 19.2 Å². The van der Waals surface area contributed by atoms with Gasteiger partial charge in [0.15, 0.2) is 0 Å². The highest BCUT2D eigenvalue weighted by molar-refractivity contribution is 6.30. The van der Waals surface area contributed by atoms with Gasteiger partial charge in [-0.1, -0.05) is 31.5 Å². The minimum Gasteiger partial charge on any atom is -0.311 e. The van der Waals surface area contributed by atoms with Crippen molar-refractivity contribution in [3.8, 4) is 0 Å². The molecule has 0 bridgehead atoms. The summed E-state index contributed by atoms with van der Waals surface area (Å²) in [4.78, 5) is 0. The maximum atomic E-state index is 13.4. The van der Waals surface area contributed by atoms with Crippen LogP contribution in [0.2, 0.25) is 5.02 Å². The van der Waals surface area contributed by atoms with Crippen LogP contribution in [0.3, 0.4) is 0 Å². The summed E-state index contributed by atoms with van der Waals surface area (Å²) in [5.41, 5.74) is 0.608. The fourth-order valence-electron chi connectivity index (χ4n) is 1.25. The van der Waals surface area contributed by atoms with E-state index in [0.717, 1.165) is 0 Å². The normalized spacial score (nSPS) is 13.1. The molecule has 0 saturated heterocycles. The Bertz CT molecular complexity index is 342. The largest absolute Gasteiger partial charge is 0.311 e. The predicted molar refractivity (Wildman–Crippen MR) is 67.6 cm³/mol. The number of hydrogen-bond donors (Lipinski definition) is 1. The maximum Gasteiger partial charge on any atom is 0.129 e. The van der Waals surface area contributed by atoms with Crippen molar-refractivity contribution in [2.24, 2.45) is 5.92 Å². The summed E-state index contributed by atoms with van der Waals surface area (Å²) in [6.45, 7) is 5.25. The van der Waals surface area contributed by atoms with Crippen LogP contribution in [-0.4, -0.2) is 11.9 Å². The Morgan fingerprint density at radius 3 is 2.62 bits per heavy atom. The van der Waals surface area contributed by atoms with Gasteiger partial charge in [-0.05, 0) is 18.1 Å². The third-order valence-electron chi connectivity index (χ3n) is 2.39. The minimum atomic E-state index is -0.282. The summed E-state index contributed by atoms with van der Waals surface area (Å²) in [7, 11) is 0. The number of alkyl halides is 1. The Hall–Kier alpha value is -0.310. The van der Waals surface area contributed by atoms with Crippen LogP contribution in [0.25, 0.3) is 0 Å². The molecular formula is C12H16Cl2FN. The molecule has 0 spiro atoms. The molecule has 0 saturated carbocycles. The number of rotatable bonds is 5. The zero-order chi connectivity index (χ0) is 12.1. The zero-order valence-electron chi connectivity index (χ0n) is 9.43. The van der Waals surface area contributed by atoms with Crippen molar-refractivity contribution in [3.63, 3.8) is 0 Å². The molecule has 1 nitrogen and oxygen atoms in total. The molecule has 0 aliphatic rings. The standard InChI is InChI=1S/C12H16Cl2FN/c1-8(2)11(14)7-16-6-9-3-4-10(13)5-12(9)15/h3-5,8,11,16H,6-7H2,1-2H3. The Kier molecular flexibility index (Phi) is 5.53. The summed E-state index contributed by atoms with van der Waals surface area (Å²) in [5, 5.41) is 3.61.